The summed E-state index contributed by atoms with van der Waals surface area (Å²) in [7, 11) is 0. The van der Waals surface area contributed by atoms with Crippen molar-refractivity contribution in [2.24, 2.45) is 0 Å². The molecule has 5 heteroatoms. The second-order valence-corrected chi connectivity index (χ2v) is 7.13. The van der Waals surface area contributed by atoms with Crippen LogP contribution in [-0.2, 0) is 4.79 Å². The molecule has 2 aliphatic rings. The zero-order chi connectivity index (χ0) is 16.9. The highest BCUT2D eigenvalue weighted by atomic mass is 19.1. The summed E-state index contributed by atoms with van der Waals surface area (Å²) < 4.78 is 13.0. The summed E-state index contributed by atoms with van der Waals surface area (Å²) in [5, 5.41) is 13.5. The first-order chi connectivity index (χ1) is 11.6. The van der Waals surface area contributed by atoms with Crippen molar-refractivity contribution in [1.82, 2.24) is 10.2 Å². The van der Waals surface area contributed by atoms with Gasteiger partial charge in [0, 0.05) is 18.6 Å². The zero-order valence-electron chi connectivity index (χ0n) is 14.1. The van der Waals surface area contributed by atoms with Crippen molar-refractivity contribution in [2.75, 3.05) is 13.1 Å². The first-order valence-corrected chi connectivity index (χ1v) is 9.09. The van der Waals surface area contributed by atoms with Gasteiger partial charge in [-0.15, -0.1) is 0 Å². The number of carbonyl (C=O) groups is 1. The van der Waals surface area contributed by atoms with Crippen LogP contribution < -0.4 is 5.32 Å². The number of aliphatic hydroxyl groups excluding tert-OH is 1. The predicted octanol–water partition coefficient (Wildman–Crippen LogP) is 2.77. The number of carbonyl (C=O) groups excluding carboxylic acids is 1. The van der Waals surface area contributed by atoms with Gasteiger partial charge in [0.1, 0.15) is 5.82 Å². The van der Waals surface area contributed by atoms with Gasteiger partial charge < -0.3 is 10.4 Å². The Kier molecular flexibility index (Phi) is 5.85. The van der Waals surface area contributed by atoms with Gasteiger partial charge in [0.15, 0.2) is 0 Å². The Balaban J connectivity index is 1.52. The summed E-state index contributed by atoms with van der Waals surface area (Å²) >= 11 is 0. The number of hydrogen-bond donors (Lipinski definition) is 2. The van der Waals surface area contributed by atoms with E-state index in [4.69, 9.17) is 0 Å². The molecule has 0 bridgehead atoms. The second kappa shape index (κ2) is 8.08. The number of aliphatic hydroxyl groups is 1. The Hall–Kier alpha value is -1.46. The van der Waals surface area contributed by atoms with E-state index < -0.39 is 6.10 Å². The van der Waals surface area contributed by atoms with Gasteiger partial charge in [-0.05, 0) is 43.4 Å². The van der Waals surface area contributed by atoms with E-state index in [1.165, 1.54) is 31.4 Å². The van der Waals surface area contributed by atoms with Gasteiger partial charge in [-0.3, -0.25) is 9.69 Å². The Morgan fingerprint density at radius 3 is 2.46 bits per heavy atom. The Morgan fingerprint density at radius 1 is 1.17 bits per heavy atom. The summed E-state index contributed by atoms with van der Waals surface area (Å²) in [5.41, 5.74) is 0.690. The van der Waals surface area contributed by atoms with E-state index in [9.17, 15) is 14.3 Å². The van der Waals surface area contributed by atoms with Crippen LogP contribution in [-0.4, -0.2) is 41.1 Å². The van der Waals surface area contributed by atoms with E-state index in [2.05, 4.69) is 10.2 Å². The number of benzene rings is 1. The van der Waals surface area contributed by atoms with Crippen molar-refractivity contribution in [3.05, 3.63) is 35.6 Å². The van der Waals surface area contributed by atoms with E-state index in [1.807, 2.05) is 0 Å². The van der Waals surface area contributed by atoms with Gasteiger partial charge in [0.25, 0.3) is 0 Å². The number of rotatable bonds is 7. The van der Waals surface area contributed by atoms with Crippen molar-refractivity contribution in [1.29, 1.82) is 0 Å². The van der Waals surface area contributed by atoms with Gasteiger partial charge in [0.2, 0.25) is 5.91 Å². The van der Waals surface area contributed by atoms with Crippen molar-refractivity contribution in [3.8, 4) is 0 Å². The molecular weight excluding hydrogens is 307 g/mol. The Morgan fingerprint density at radius 2 is 1.83 bits per heavy atom. The van der Waals surface area contributed by atoms with Gasteiger partial charge in [-0.2, -0.15) is 0 Å². The third kappa shape index (κ3) is 5.02. The topological polar surface area (TPSA) is 52.6 Å². The SMILES string of the molecule is O=C(CN(CC(O)c1ccc(F)cc1)C1CC1)NC1CCCCC1. The molecule has 0 saturated heterocycles. The lowest BCUT2D eigenvalue weighted by Crippen LogP contribution is -2.44. The first-order valence-electron chi connectivity index (χ1n) is 9.09. The van der Waals surface area contributed by atoms with Crippen LogP contribution in [0, 0.1) is 5.82 Å². The fourth-order valence-electron chi connectivity index (χ4n) is 3.50. The van der Waals surface area contributed by atoms with Crippen LogP contribution in [0.2, 0.25) is 0 Å². The molecule has 132 valence electrons. The highest BCUT2D eigenvalue weighted by Crippen LogP contribution is 2.28. The molecule has 1 amide bonds. The maximum atomic E-state index is 13.0. The van der Waals surface area contributed by atoms with Crippen molar-refractivity contribution in [3.63, 3.8) is 0 Å². The van der Waals surface area contributed by atoms with Gasteiger partial charge >= 0.3 is 0 Å². The van der Waals surface area contributed by atoms with Crippen LogP contribution in [0.3, 0.4) is 0 Å². The Labute approximate surface area is 143 Å². The average Bonchev–Trinajstić information content (AvgIpc) is 3.40. The maximum absolute atomic E-state index is 13.0. The molecule has 1 aromatic carbocycles. The highest BCUT2D eigenvalue weighted by Gasteiger charge is 2.32. The van der Waals surface area contributed by atoms with Crippen LogP contribution in [0.15, 0.2) is 24.3 Å². The largest absolute Gasteiger partial charge is 0.387 e. The van der Waals surface area contributed by atoms with Crippen LogP contribution in [0.5, 0.6) is 0 Å². The number of halogens is 1. The van der Waals surface area contributed by atoms with Crippen LogP contribution in [0.4, 0.5) is 4.39 Å². The van der Waals surface area contributed by atoms with Crippen molar-refractivity contribution in [2.45, 2.75) is 63.1 Å². The smallest absolute Gasteiger partial charge is 0.234 e. The molecule has 1 aromatic rings. The standard InChI is InChI=1S/C19H27FN2O2/c20-15-8-6-14(7-9-15)18(23)12-22(17-10-11-17)13-19(24)21-16-4-2-1-3-5-16/h6-9,16-18,23H,1-5,10-13H2,(H,21,24). The molecule has 0 aliphatic heterocycles. The predicted molar refractivity (Wildman–Crippen MR) is 91.0 cm³/mol. The molecule has 3 rings (SSSR count). The molecule has 0 radical (unpaired) electrons. The normalized spacial score (nSPS) is 20.1. The third-order valence-electron chi connectivity index (χ3n) is 5.04. The van der Waals surface area contributed by atoms with Gasteiger partial charge in [-0.25, -0.2) is 4.39 Å². The second-order valence-electron chi connectivity index (χ2n) is 7.13. The molecule has 2 aliphatic carbocycles. The summed E-state index contributed by atoms with van der Waals surface area (Å²) in [4.78, 5) is 14.4. The van der Waals surface area contributed by atoms with Crippen molar-refractivity contribution >= 4 is 5.91 Å². The monoisotopic (exact) mass is 334 g/mol. The van der Waals surface area contributed by atoms with E-state index >= 15 is 0 Å². The van der Waals surface area contributed by atoms with Gasteiger partial charge in [-0.1, -0.05) is 31.4 Å². The van der Waals surface area contributed by atoms with Crippen LogP contribution in [0.1, 0.15) is 56.6 Å². The lowest BCUT2D eigenvalue weighted by molar-refractivity contribution is -0.123. The third-order valence-corrected chi connectivity index (χ3v) is 5.04. The fraction of sp³-hybridized carbons (Fsp3) is 0.632. The number of amides is 1. The van der Waals surface area contributed by atoms with Crippen LogP contribution >= 0.6 is 0 Å². The lowest BCUT2D eigenvalue weighted by Gasteiger charge is -2.27. The average molecular weight is 334 g/mol. The first kappa shape index (κ1) is 17.4. The fourth-order valence-corrected chi connectivity index (χ4v) is 3.50. The molecular formula is C19H27FN2O2. The minimum absolute atomic E-state index is 0.0557. The molecule has 24 heavy (non-hydrogen) atoms. The quantitative estimate of drug-likeness (QED) is 0.806. The zero-order valence-corrected chi connectivity index (χ0v) is 14.1. The minimum atomic E-state index is -0.700. The molecule has 0 heterocycles. The van der Waals surface area contributed by atoms with E-state index in [1.54, 1.807) is 12.1 Å². The molecule has 0 spiro atoms. The van der Waals surface area contributed by atoms with E-state index in [-0.39, 0.29) is 11.7 Å². The molecule has 2 fully saturated rings. The van der Waals surface area contributed by atoms with E-state index in [0.29, 0.717) is 30.7 Å². The summed E-state index contributed by atoms with van der Waals surface area (Å²) in [6, 6.07) is 6.62. The molecule has 1 atom stereocenters. The van der Waals surface area contributed by atoms with Crippen LogP contribution in [0.25, 0.3) is 0 Å². The molecule has 2 saturated carbocycles. The summed E-state index contributed by atoms with van der Waals surface area (Å²) in [5.74, 6) is -0.253. The molecule has 1 unspecified atom stereocenters. The summed E-state index contributed by atoms with van der Waals surface area (Å²) in [6.45, 7) is 0.744. The number of hydrogen-bond acceptors (Lipinski definition) is 3. The van der Waals surface area contributed by atoms with Gasteiger partial charge in [0.05, 0.1) is 12.6 Å². The Bertz CT molecular complexity index is 539. The summed E-state index contributed by atoms with van der Waals surface area (Å²) in [6.07, 6.45) is 7.26. The molecule has 0 aromatic heterocycles. The highest BCUT2D eigenvalue weighted by molar-refractivity contribution is 5.78. The lowest BCUT2D eigenvalue weighted by atomic mass is 9.95. The maximum Gasteiger partial charge on any atom is 0.234 e. The molecule has 4 nitrogen and oxygen atoms in total. The number of nitrogens with one attached hydrogen (secondary N) is 1. The van der Waals surface area contributed by atoms with E-state index in [0.717, 1.165) is 25.7 Å². The van der Waals surface area contributed by atoms with Crippen molar-refractivity contribution < 1.29 is 14.3 Å². The number of nitrogens with zero attached hydrogens (tertiary/aromatic N) is 1. The molecule has 2 N–H and O–H groups in total. The minimum Gasteiger partial charge on any atom is -0.387 e.